The first-order chi connectivity index (χ1) is 13.6. The molecule has 4 rings (SSSR count). The Labute approximate surface area is 163 Å². The van der Waals surface area contributed by atoms with Gasteiger partial charge in [0.15, 0.2) is 5.65 Å². The minimum absolute atomic E-state index is 0.231. The van der Waals surface area contributed by atoms with E-state index in [4.69, 9.17) is 4.74 Å². The van der Waals surface area contributed by atoms with Crippen molar-refractivity contribution in [2.45, 2.75) is 20.4 Å². The number of rotatable bonds is 6. The summed E-state index contributed by atoms with van der Waals surface area (Å²) >= 11 is 0. The van der Waals surface area contributed by atoms with E-state index in [1.165, 1.54) is 0 Å². The number of hydrogen-bond acceptors (Lipinski definition) is 4. The van der Waals surface area contributed by atoms with E-state index in [0.29, 0.717) is 11.6 Å². The van der Waals surface area contributed by atoms with E-state index in [9.17, 15) is 4.79 Å². The van der Waals surface area contributed by atoms with Gasteiger partial charge in [0, 0.05) is 17.5 Å². The molecule has 6 heteroatoms. The van der Waals surface area contributed by atoms with Crippen LogP contribution in [0.25, 0.3) is 27.7 Å². The quantitative estimate of drug-likeness (QED) is 0.539. The molecule has 0 fully saturated rings. The van der Waals surface area contributed by atoms with Gasteiger partial charge in [-0.05, 0) is 53.9 Å². The highest BCUT2D eigenvalue weighted by Gasteiger charge is 2.11. The van der Waals surface area contributed by atoms with Gasteiger partial charge in [0.1, 0.15) is 5.75 Å². The third kappa shape index (κ3) is 3.27. The molecule has 2 aromatic carbocycles. The van der Waals surface area contributed by atoms with Crippen molar-refractivity contribution in [3.05, 3.63) is 64.6 Å². The molecule has 0 aliphatic carbocycles. The van der Waals surface area contributed by atoms with Gasteiger partial charge in [-0.1, -0.05) is 32.0 Å². The maximum absolute atomic E-state index is 12.2. The van der Waals surface area contributed by atoms with Crippen LogP contribution in [0.2, 0.25) is 0 Å². The minimum Gasteiger partial charge on any atom is -0.496 e. The van der Waals surface area contributed by atoms with Crippen molar-refractivity contribution in [2.24, 2.45) is 5.92 Å². The van der Waals surface area contributed by atoms with Gasteiger partial charge in [0.05, 0.1) is 12.6 Å². The highest BCUT2D eigenvalue weighted by molar-refractivity contribution is 5.96. The second kappa shape index (κ2) is 7.48. The number of benzene rings is 2. The van der Waals surface area contributed by atoms with E-state index in [1.54, 1.807) is 11.5 Å². The van der Waals surface area contributed by atoms with Gasteiger partial charge in [-0.3, -0.25) is 0 Å². The molecule has 2 aromatic heterocycles. The fraction of sp³-hybridized carbons (Fsp3) is 0.273. The molecule has 0 saturated carbocycles. The molecule has 144 valence electrons. The lowest BCUT2D eigenvalue weighted by molar-refractivity contribution is 0.406. The molecule has 0 aliphatic heterocycles. The number of fused-ring (bicyclic) bond motifs is 3. The number of pyridine rings is 1. The first-order valence-electron chi connectivity index (χ1n) is 9.45. The number of methoxy groups -OCH3 is 1. The van der Waals surface area contributed by atoms with E-state index < -0.39 is 0 Å². The molecule has 0 unspecified atom stereocenters. The number of nitrogens with zero attached hydrogens (tertiary/aromatic N) is 2. The molecule has 0 amide bonds. The SMILES string of the molecule is COc1ccc(-c2cccc3c2ccc2n[nH]c(=O)n23)cc1CNCC(C)C. The molecule has 2 heterocycles. The Morgan fingerprint density at radius 1 is 1.18 bits per heavy atom. The van der Waals surface area contributed by atoms with E-state index >= 15 is 0 Å². The smallest absolute Gasteiger partial charge is 0.348 e. The van der Waals surface area contributed by atoms with Crippen molar-refractivity contribution < 1.29 is 4.74 Å². The molecule has 28 heavy (non-hydrogen) atoms. The Morgan fingerprint density at radius 3 is 2.82 bits per heavy atom. The van der Waals surface area contributed by atoms with Crippen LogP contribution in [0.5, 0.6) is 5.75 Å². The Morgan fingerprint density at radius 2 is 2.04 bits per heavy atom. The van der Waals surface area contributed by atoms with E-state index in [-0.39, 0.29) is 5.69 Å². The summed E-state index contributed by atoms with van der Waals surface area (Å²) in [6.07, 6.45) is 0. The first-order valence-corrected chi connectivity index (χ1v) is 9.45. The Bertz CT molecular complexity index is 1190. The van der Waals surface area contributed by atoms with Gasteiger partial charge < -0.3 is 10.1 Å². The summed E-state index contributed by atoms with van der Waals surface area (Å²) in [6.45, 7) is 6.07. The highest BCUT2D eigenvalue weighted by atomic mass is 16.5. The zero-order valence-electron chi connectivity index (χ0n) is 16.3. The summed E-state index contributed by atoms with van der Waals surface area (Å²) in [4.78, 5) is 12.2. The average molecular weight is 376 g/mol. The summed E-state index contributed by atoms with van der Waals surface area (Å²) < 4.78 is 7.15. The maximum atomic E-state index is 12.2. The van der Waals surface area contributed by atoms with Crippen LogP contribution in [0.15, 0.2) is 53.3 Å². The molecule has 0 saturated heterocycles. The lowest BCUT2D eigenvalue weighted by Crippen LogP contribution is -2.19. The maximum Gasteiger partial charge on any atom is 0.348 e. The molecule has 4 aromatic rings. The summed E-state index contributed by atoms with van der Waals surface area (Å²) in [5.74, 6) is 1.46. The lowest BCUT2D eigenvalue weighted by Gasteiger charge is -2.14. The molecule has 0 spiro atoms. The van der Waals surface area contributed by atoms with Crippen LogP contribution in [0.1, 0.15) is 19.4 Å². The molecule has 2 N–H and O–H groups in total. The fourth-order valence-electron chi connectivity index (χ4n) is 3.57. The predicted octanol–water partition coefficient (Wildman–Crippen LogP) is 3.60. The van der Waals surface area contributed by atoms with Gasteiger partial charge in [-0.25, -0.2) is 14.3 Å². The summed E-state index contributed by atoms with van der Waals surface area (Å²) in [7, 11) is 1.70. The molecular weight excluding hydrogens is 352 g/mol. The van der Waals surface area contributed by atoms with Crippen molar-refractivity contribution in [1.82, 2.24) is 19.9 Å². The zero-order valence-corrected chi connectivity index (χ0v) is 16.3. The molecular formula is C22H24N4O2. The van der Waals surface area contributed by atoms with E-state index in [1.807, 2.05) is 30.3 Å². The molecule has 6 nitrogen and oxygen atoms in total. The van der Waals surface area contributed by atoms with Gasteiger partial charge in [-0.2, -0.15) is 5.10 Å². The number of aromatic amines is 1. The van der Waals surface area contributed by atoms with Crippen molar-refractivity contribution in [3.63, 3.8) is 0 Å². The third-order valence-electron chi connectivity index (χ3n) is 4.88. The number of ether oxygens (including phenoxy) is 1. The summed E-state index contributed by atoms with van der Waals surface area (Å²) in [5.41, 5.74) is 4.49. The Hall–Kier alpha value is -3.12. The van der Waals surface area contributed by atoms with Crippen molar-refractivity contribution in [3.8, 4) is 16.9 Å². The van der Waals surface area contributed by atoms with Crippen molar-refractivity contribution in [2.75, 3.05) is 13.7 Å². The average Bonchev–Trinajstić information content (AvgIpc) is 3.08. The standard InChI is InChI=1S/C22H24N4O2/c1-14(2)12-23-13-16-11-15(7-9-20(16)28-3)17-5-4-6-19-18(17)8-10-21-24-25-22(27)26(19)21/h4-11,14,23H,12-13H2,1-3H3,(H,25,27). The number of nitrogens with one attached hydrogen (secondary N) is 2. The van der Waals surface area contributed by atoms with Crippen molar-refractivity contribution in [1.29, 1.82) is 0 Å². The number of aromatic nitrogens is 3. The topological polar surface area (TPSA) is 71.4 Å². The Kier molecular flexibility index (Phi) is 4.88. The third-order valence-corrected chi connectivity index (χ3v) is 4.88. The fourth-order valence-corrected chi connectivity index (χ4v) is 3.57. The molecule has 0 radical (unpaired) electrons. The van der Waals surface area contributed by atoms with Crippen LogP contribution in [-0.4, -0.2) is 28.3 Å². The van der Waals surface area contributed by atoms with E-state index in [2.05, 4.69) is 47.6 Å². The van der Waals surface area contributed by atoms with Crippen molar-refractivity contribution >= 4 is 16.6 Å². The second-order valence-electron chi connectivity index (χ2n) is 7.35. The predicted molar refractivity (Wildman–Crippen MR) is 112 cm³/mol. The summed E-state index contributed by atoms with van der Waals surface area (Å²) in [6, 6.07) is 16.1. The largest absolute Gasteiger partial charge is 0.496 e. The molecule has 0 bridgehead atoms. The highest BCUT2D eigenvalue weighted by Crippen LogP contribution is 2.32. The second-order valence-corrected chi connectivity index (χ2v) is 7.35. The monoisotopic (exact) mass is 376 g/mol. The minimum atomic E-state index is -0.231. The first kappa shape index (κ1) is 18.3. The zero-order chi connectivity index (χ0) is 19.7. The van der Waals surface area contributed by atoms with Crippen LogP contribution < -0.4 is 15.7 Å². The number of hydrogen-bond donors (Lipinski definition) is 2. The van der Waals surface area contributed by atoms with Crippen LogP contribution >= 0.6 is 0 Å². The van der Waals surface area contributed by atoms with Gasteiger partial charge >= 0.3 is 5.69 Å². The van der Waals surface area contributed by atoms with Crippen LogP contribution in [0.3, 0.4) is 0 Å². The Balaban J connectivity index is 1.82. The normalized spacial score (nSPS) is 11.6. The van der Waals surface area contributed by atoms with Gasteiger partial charge in [0.25, 0.3) is 0 Å². The van der Waals surface area contributed by atoms with Crippen LogP contribution in [0.4, 0.5) is 0 Å². The molecule has 0 aliphatic rings. The van der Waals surface area contributed by atoms with Gasteiger partial charge in [0.2, 0.25) is 0 Å². The van der Waals surface area contributed by atoms with Gasteiger partial charge in [-0.15, -0.1) is 0 Å². The summed E-state index contributed by atoms with van der Waals surface area (Å²) in [5, 5.41) is 11.1. The van der Waals surface area contributed by atoms with E-state index in [0.717, 1.165) is 46.4 Å². The molecule has 0 atom stereocenters. The number of H-pyrrole nitrogens is 1. The van der Waals surface area contributed by atoms with Crippen LogP contribution in [-0.2, 0) is 6.54 Å². The lowest BCUT2D eigenvalue weighted by atomic mass is 9.98. The van der Waals surface area contributed by atoms with Crippen LogP contribution in [0, 0.1) is 5.92 Å².